The van der Waals surface area contributed by atoms with Crippen LogP contribution in [-0.2, 0) is 11.2 Å². The second-order valence-electron chi connectivity index (χ2n) is 7.02. The van der Waals surface area contributed by atoms with Crippen LogP contribution in [0.5, 0.6) is 5.75 Å². The van der Waals surface area contributed by atoms with Gasteiger partial charge in [0.25, 0.3) is 0 Å². The summed E-state index contributed by atoms with van der Waals surface area (Å²) in [6, 6.07) is 8.37. The third-order valence-electron chi connectivity index (χ3n) is 4.84. The number of ether oxygens (including phenoxy) is 2. The van der Waals surface area contributed by atoms with Crippen LogP contribution < -0.4 is 4.74 Å². The van der Waals surface area contributed by atoms with Gasteiger partial charge in [0.1, 0.15) is 17.9 Å². The molecule has 4 nitrogen and oxygen atoms in total. The average Bonchev–Trinajstić information content (AvgIpc) is 2.99. The van der Waals surface area contributed by atoms with E-state index < -0.39 is 0 Å². The largest absolute Gasteiger partial charge is 0.494 e. The van der Waals surface area contributed by atoms with Crippen LogP contribution in [0.2, 0.25) is 0 Å². The van der Waals surface area contributed by atoms with E-state index in [9.17, 15) is 5.11 Å². The van der Waals surface area contributed by atoms with Crippen molar-refractivity contribution in [3.05, 3.63) is 29.8 Å². The highest BCUT2D eigenvalue weighted by atomic mass is 16.5. The summed E-state index contributed by atoms with van der Waals surface area (Å²) in [5.41, 5.74) is 1.01. The van der Waals surface area contributed by atoms with E-state index >= 15 is 0 Å². The third kappa shape index (κ3) is 6.69. The molecule has 0 saturated carbocycles. The van der Waals surface area contributed by atoms with Gasteiger partial charge >= 0.3 is 0 Å². The lowest BCUT2D eigenvalue weighted by molar-refractivity contribution is 0.188. The lowest BCUT2D eigenvalue weighted by Gasteiger charge is -2.23. The van der Waals surface area contributed by atoms with Crippen molar-refractivity contribution in [2.45, 2.75) is 70.8 Å². The minimum absolute atomic E-state index is 0.144. The summed E-state index contributed by atoms with van der Waals surface area (Å²) < 4.78 is 11.3. The molecule has 0 amide bonds. The molecule has 0 aliphatic carbocycles. The van der Waals surface area contributed by atoms with Gasteiger partial charge in [-0.05, 0) is 43.4 Å². The molecule has 0 unspecified atom stereocenters. The van der Waals surface area contributed by atoms with E-state index in [-0.39, 0.29) is 12.1 Å². The molecular formula is C21H33NO3. The number of aliphatic hydroxyl groups is 1. The van der Waals surface area contributed by atoms with Gasteiger partial charge in [0, 0.05) is 13.5 Å². The summed E-state index contributed by atoms with van der Waals surface area (Å²) in [6.07, 6.45) is 8.76. The molecule has 1 aliphatic heterocycles. The maximum Gasteiger partial charge on any atom is 0.180 e. The van der Waals surface area contributed by atoms with Crippen molar-refractivity contribution in [3.63, 3.8) is 0 Å². The van der Waals surface area contributed by atoms with Gasteiger partial charge in [0.15, 0.2) is 5.90 Å². The van der Waals surface area contributed by atoms with Gasteiger partial charge in [-0.1, -0.05) is 44.7 Å². The minimum Gasteiger partial charge on any atom is -0.494 e. The molecular weight excluding hydrogens is 314 g/mol. The van der Waals surface area contributed by atoms with Crippen molar-refractivity contribution < 1.29 is 14.6 Å². The van der Waals surface area contributed by atoms with Crippen LogP contribution in [-0.4, -0.2) is 36.4 Å². The summed E-state index contributed by atoms with van der Waals surface area (Å²) in [5.74, 6) is 1.68. The second kappa shape index (κ2) is 10.4. The van der Waals surface area contributed by atoms with Gasteiger partial charge in [-0.2, -0.15) is 0 Å². The lowest BCUT2D eigenvalue weighted by Crippen LogP contribution is -2.30. The molecule has 1 N–H and O–H groups in total. The molecule has 0 radical (unpaired) electrons. The van der Waals surface area contributed by atoms with E-state index in [1.54, 1.807) is 0 Å². The summed E-state index contributed by atoms with van der Waals surface area (Å²) in [5, 5.41) is 9.32. The molecule has 1 heterocycles. The molecule has 25 heavy (non-hydrogen) atoms. The number of aliphatic hydroxyl groups excluding tert-OH is 1. The Morgan fingerprint density at radius 2 is 1.88 bits per heavy atom. The molecule has 0 aromatic heterocycles. The van der Waals surface area contributed by atoms with Crippen LogP contribution in [0, 0.1) is 0 Å². The fourth-order valence-corrected chi connectivity index (χ4v) is 3.25. The van der Waals surface area contributed by atoms with Gasteiger partial charge in [0.05, 0.1) is 6.61 Å². The van der Waals surface area contributed by atoms with Crippen LogP contribution >= 0.6 is 0 Å². The molecule has 0 fully saturated rings. The Labute approximate surface area is 152 Å². The van der Waals surface area contributed by atoms with Crippen molar-refractivity contribution in [3.8, 4) is 5.75 Å². The number of unbranched alkanes of at least 4 members (excludes halogenated alkanes) is 4. The Bertz CT molecular complexity index is 526. The summed E-state index contributed by atoms with van der Waals surface area (Å²) in [7, 11) is 0. The van der Waals surface area contributed by atoms with Gasteiger partial charge in [-0.3, -0.25) is 0 Å². The monoisotopic (exact) mass is 347 g/mol. The van der Waals surface area contributed by atoms with Crippen LogP contribution in [0.25, 0.3) is 0 Å². The Morgan fingerprint density at radius 1 is 1.12 bits per heavy atom. The second-order valence-corrected chi connectivity index (χ2v) is 7.02. The van der Waals surface area contributed by atoms with Crippen LogP contribution in [0.3, 0.4) is 0 Å². The first kappa shape index (κ1) is 19.8. The predicted octanol–water partition coefficient (Wildman–Crippen LogP) is 4.54. The van der Waals surface area contributed by atoms with E-state index in [4.69, 9.17) is 9.47 Å². The summed E-state index contributed by atoms with van der Waals surface area (Å²) in [4.78, 5) is 4.62. The Kier molecular flexibility index (Phi) is 8.26. The molecule has 1 aromatic carbocycles. The molecule has 0 spiro atoms. The quantitative estimate of drug-likeness (QED) is 0.565. The standard InChI is InChI=1S/C21H33NO3/c1-3-4-5-6-7-16-24-20-10-8-19(9-11-20)12-13-21(14-15-23)17-25-18(2)22-21/h8-11,23H,3-7,12-17H2,1-2H3/t21-/m1/s1. The number of aliphatic imine (C=N–C) groups is 1. The smallest absolute Gasteiger partial charge is 0.180 e. The topological polar surface area (TPSA) is 51.0 Å². The number of hydrogen-bond donors (Lipinski definition) is 1. The number of rotatable bonds is 12. The van der Waals surface area contributed by atoms with E-state index in [1.807, 2.05) is 6.92 Å². The maximum absolute atomic E-state index is 9.32. The number of benzene rings is 1. The van der Waals surface area contributed by atoms with Crippen molar-refractivity contribution in [1.29, 1.82) is 0 Å². The fraction of sp³-hybridized carbons (Fsp3) is 0.667. The minimum atomic E-state index is -0.257. The normalized spacial score (nSPS) is 19.6. The Morgan fingerprint density at radius 3 is 2.52 bits per heavy atom. The number of aryl methyl sites for hydroxylation is 1. The predicted molar refractivity (Wildman–Crippen MR) is 103 cm³/mol. The van der Waals surface area contributed by atoms with Crippen LogP contribution in [0.15, 0.2) is 29.3 Å². The third-order valence-corrected chi connectivity index (χ3v) is 4.84. The van der Waals surface area contributed by atoms with Crippen molar-refractivity contribution in [1.82, 2.24) is 0 Å². The highest BCUT2D eigenvalue weighted by molar-refractivity contribution is 5.75. The first-order chi connectivity index (χ1) is 12.2. The SMILES string of the molecule is CCCCCCCOc1ccc(CC[C@@]2(CCO)COC(C)=N2)cc1. The van der Waals surface area contributed by atoms with E-state index in [1.165, 1.54) is 31.2 Å². The molecule has 1 atom stereocenters. The van der Waals surface area contributed by atoms with Gasteiger partial charge < -0.3 is 14.6 Å². The van der Waals surface area contributed by atoms with Gasteiger partial charge in [0.2, 0.25) is 0 Å². The van der Waals surface area contributed by atoms with Crippen molar-refractivity contribution in [2.24, 2.45) is 4.99 Å². The molecule has 0 saturated heterocycles. The van der Waals surface area contributed by atoms with Crippen LogP contribution in [0.1, 0.15) is 64.4 Å². The molecule has 140 valence electrons. The Balaban J connectivity index is 1.74. The summed E-state index contributed by atoms with van der Waals surface area (Å²) >= 11 is 0. The van der Waals surface area contributed by atoms with Gasteiger partial charge in [-0.15, -0.1) is 0 Å². The van der Waals surface area contributed by atoms with Crippen molar-refractivity contribution >= 4 is 5.90 Å². The Hall–Kier alpha value is -1.55. The molecule has 0 bridgehead atoms. The van der Waals surface area contributed by atoms with E-state index in [0.29, 0.717) is 13.0 Å². The fourth-order valence-electron chi connectivity index (χ4n) is 3.25. The zero-order chi connectivity index (χ0) is 18.0. The van der Waals surface area contributed by atoms with Crippen LogP contribution in [0.4, 0.5) is 0 Å². The van der Waals surface area contributed by atoms with Gasteiger partial charge in [-0.25, -0.2) is 4.99 Å². The van der Waals surface area contributed by atoms with E-state index in [2.05, 4.69) is 36.2 Å². The lowest BCUT2D eigenvalue weighted by atomic mass is 9.90. The molecule has 4 heteroatoms. The van der Waals surface area contributed by atoms with Crippen molar-refractivity contribution in [2.75, 3.05) is 19.8 Å². The molecule has 1 aromatic rings. The highest BCUT2D eigenvalue weighted by Gasteiger charge is 2.34. The first-order valence-electron chi connectivity index (χ1n) is 9.69. The summed E-state index contributed by atoms with van der Waals surface area (Å²) in [6.45, 7) is 5.64. The molecule has 1 aliphatic rings. The zero-order valence-electron chi connectivity index (χ0n) is 15.8. The highest BCUT2D eigenvalue weighted by Crippen LogP contribution is 2.28. The number of hydrogen-bond acceptors (Lipinski definition) is 4. The number of nitrogens with zero attached hydrogens (tertiary/aromatic N) is 1. The van der Waals surface area contributed by atoms with E-state index in [0.717, 1.165) is 37.5 Å². The first-order valence-corrected chi connectivity index (χ1v) is 9.69. The average molecular weight is 347 g/mol. The maximum atomic E-state index is 9.32. The molecule has 2 rings (SSSR count). The zero-order valence-corrected chi connectivity index (χ0v) is 15.8.